The Balaban J connectivity index is 1.81. The first-order valence-corrected chi connectivity index (χ1v) is 6.41. The molecule has 0 aliphatic carbocycles. The Labute approximate surface area is 111 Å². The second kappa shape index (κ2) is 4.93. The van der Waals surface area contributed by atoms with E-state index in [2.05, 4.69) is 49.2 Å². The molecular formula is C12H17N7. The van der Waals surface area contributed by atoms with E-state index in [1.165, 1.54) is 6.33 Å². The maximum atomic E-state index is 4.52. The van der Waals surface area contributed by atoms with E-state index in [4.69, 9.17) is 0 Å². The Morgan fingerprint density at radius 3 is 2.53 bits per heavy atom. The summed E-state index contributed by atoms with van der Waals surface area (Å²) in [6.45, 7) is 6.16. The Morgan fingerprint density at radius 2 is 1.84 bits per heavy atom. The van der Waals surface area contributed by atoms with Crippen LogP contribution in [0.3, 0.4) is 0 Å². The molecule has 1 saturated heterocycles. The molecule has 3 rings (SSSR count). The molecule has 1 aliphatic heterocycles. The van der Waals surface area contributed by atoms with Gasteiger partial charge in [0.15, 0.2) is 5.82 Å². The number of rotatable bonds is 2. The molecule has 0 amide bonds. The summed E-state index contributed by atoms with van der Waals surface area (Å²) >= 11 is 0. The fourth-order valence-corrected chi connectivity index (χ4v) is 2.43. The number of hydrogen-bond donors (Lipinski definition) is 2. The van der Waals surface area contributed by atoms with Gasteiger partial charge in [0.05, 0.1) is 5.56 Å². The highest BCUT2D eigenvalue weighted by molar-refractivity contribution is 5.53. The van der Waals surface area contributed by atoms with E-state index in [1.54, 1.807) is 12.4 Å². The molecule has 2 aromatic rings. The Bertz CT molecular complexity index is 528. The zero-order valence-electron chi connectivity index (χ0n) is 11.0. The topological polar surface area (TPSA) is 82.6 Å². The first-order chi connectivity index (χ1) is 9.22. The zero-order valence-corrected chi connectivity index (χ0v) is 11.0. The van der Waals surface area contributed by atoms with Crippen LogP contribution in [-0.2, 0) is 0 Å². The van der Waals surface area contributed by atoms with E-state index in [-0.39, 0.29) is 0 Å². The van der Waals surface area contributed by atoms with Gasteiger partial charge in [-0.25, -0.2) is 9.97 Å². The van der Waals surface area contributed by atoms with Gasteiger partial charge in [0.25, 0.3) is 0 Å². The molecule has 1 aliphatic rings. The smallest absolute Gasteiger partial charge is 0.245 e. The van der Waals surface area contributed by atoms with E-state index in [1.807, 2.05) is 0 Å². The summed E-state index contributed by atoms with van der Waals surface area (Å²) in [5.41, 5.74) is 0.845. The number of aromatic amines is 1. The summed E-state index contributed by atoms with van der Waals surface area (Å²) in [6, 6.07) is 0.872. The molecule has 0 radical (unpaired) electrons. The Morgan fingerprint density at radius 1 is 1.16 bits per heavy atom. The molecule has 2 aromatic heterocycles. The van der Waals surface area contributed by atoms with Crippen molar-refractivity contribution in [3.63, 3.8) is 0 Å². The van der Waals surface area contributed by atoms with Gasteiger partial charge in [-0.1, -0.05) is 0 Å². The third-order valence-corrected chi connectivity index (χ3v) is 3.15. The molecule has 2 atom stereocenters. The summed E-state index contributed by atoms with van der Waals surface area (Å²) in [5, 5.41) is 10.7. The molecule has 0 aromatic carbocycles. The number of anilines is 1. The minimum atomic E-state index is 0.436. The largest absolute Gasteiger partial charge is 0.336 e. The van der Waals surface area contributed by atoms with Crippen LogP contribution in [0, 0.1) is 0 Å². The van der Waals surface area contributed by atoms with Gasteiger partial charge in [-0.15, -0.1) is 5.10 Å². The molecule has 2 unspecified atom stereocenters. The van der Waals surface area contributed by atoms with Crippen LogP contribution in [0.2, 0.25) is 0 Å². The van der Waals surface area contributed by atoms with Crippen molar-refractivity contribution in [2.45, 2.75) is 25.9 Å². The molecule has 3 heterocycles. The van der Waals surface area contributed by atoms with Gasteiger partial charge in [-0.05, 0) is 13.8 Å². The fraction of sp³-hybridized carbons (Fsp3) is 0.500. The molecular weight excluding hydrogens is 242 g/mol. The quantitative estimate of drug-likeness (QED) is 0.814. The SMILES string of the molecule is CC1CN(c2n[nH]c(-c3cncnc3)n2)CC(C)N1. The van der Waals surface area contributed by atoms with Crippen LogP contribution >= 0.6 is 0 Å². The summed E-state index contributed by atoms with van der Waals surface area (Å²) in [5.74, 6) is 1.44. The zero-order chi connectivity index (χ0) is 13.2. The van der Waals surface area contributed by atoms with E-state index >= 15 is 0 Å². The minimum absolute atomic E-state index is 0.436. The van der Waals surface area contributed by atoms with Crippen LogP contribution < -0.4 is 10.2 Å². The predicted octanol–water partition coefficient (Wildman–Crippen LogP) is 0.448. The molecule has 100 valence electrons. The summed E-state index contributed by atoms with van der Waals surface area (Å²) in [7, 11) is 0. The Hall–Kier alpha value is -2.02. The summed E-state index contributed by atoms with van der Waals surface area (Å²) < 4.78 is 0. The first kappa shape index (κ1) is 12.0. The van der Waals surface area contributed by atoms with Crippen LogP contribution in [0.4, 0.5) is 5.95 Å². The Kier molecular flexibility index (Phi) is 3.12. The minimum Gasteiger partial charge on any atom is -0.336 e. The van der Waals surface area contributed by atoms with E-state index in [0.29, 0.717) is 17.9 Å². The first-order valence-electron chi connectivity index (χ1n) is 6.41. The number of nitrogens with one attached hydrogen (secondary N) is 2. The van der Waals surface area contributed by atoms with Crippen molar-refractivity contribution in [3.8, 4) is 11.4 Å². The van der Waals surface area contributed by atoms with E-state index < -0.39 is 0 Å². The van der Waals surface area contributed by atoms with Gasteiger partial charge in [0, 0.05) is 37.6 Å². The average molecular weight is 259 g/mol. The lowest BCUT2D eigenvalue weighted by Gasteiger charge is -2.35. The number of nitrogens with zero attached hydrogens (tertiary/aromatic N) is 5. The predicted molar refractivity (Wildman–Crippen MR) is 71.7 cm³/mol. The molecule has 0 spiro atoms. The normalized spacial score (nSPS) is 23.6. The van der Waals surface area contributed by atoms with Gasteiger partial charge in [-0.3, -0.25) is 5.10 Å². The molecule has 0 saturated carbocycles. The maximum absolute atomic E-state index is 4.52. The van der Waals surface area contributed by atoms with Gasteiger partial charge >= 0.3 is 0 Å². The fourth-order valence-electron chi connectivity index (χ4n) is 2.43. The summed E-state index contributed by atoms with van der Waals surface area (Å²) in [4.78, 5) is 14.7. The number of piperazine rings is 1. The lowest BCUT2D eigenvalue weighted by atomic mass is 10.1. The third-order valence-electron chi connectivity index (χ3n) is 3.15. The highest BCUT2D eigenvalue weighted by atomic mass is 15.4. The lowest BCUT2D eigenvalue weighted by molar-refractivity contribution is 0.403. The van der Waals surface area contributed by atoms with E-state index in [0.717, 1.165) is 24.6 Å². The molecule has 0 bridgehead atoms. The van der Waals surface area contributed by atoms with Crippen molar-refractivity contribution in [2.24, 2.45) is 0 Å². The van der Waals surface area contributed by atoms with Crippen LogP contribution in [0.1, 0.15) is 13.8 Å². The maximum Gasteiger partial charge on any atom is 0.245 e. The van der Waals surface area contributed by atoms with Gasteiger partial charge in [0.1, 0.15) is 6.33 Å². The van der Waals surface area contributed by atoms with Crippen molar-refractivity contribution in [2.75, 3.05) is 18.0 Å². The van der Waals surface area contributed by atoms with Crippen molar-refractivity contribution in [1.29, 1.82) is 0 Å². The van der Waals surface area contributed by atoms with Gasteiger partial charge in [-0.2, -0.15) is 4.98 Å². The second-order valence-corrected chi connectivity index (χ2v) is 4.98. The van der Waals surface area contributed by atoms with Crippen molar-refractivity contribution < 1.29 is 0 Å². The lowest BCUT2D eigenvalue weighted by Crippen LogP contribution is -2.54. The van der Waals surface area contributed by atoms with Crippen LogP contribution in [-0.4, -0.2) is 50.3 Å². The van der Waals surface area contributed by atoms with Crippen molar-refractivity contribution >= 4 is 5.95 Å². The second-order valence-electron chi connectivity index (χ2n) is 4.98. The standard InChI is InChI=1S/C12H17N7/c1-8-5-19(6-9(2)15-8)12-16-11(17-18-12)10-3-13-7-14-4-10/h3-4,7-9,15H,5-6H2,1-2H3,(H,16,17,18). The monoisotopic (exact) mass is 259 g/mol. The van der Waals surface area contributed by atoms with Crippen molar-refractivity contribution in [3.05, 3.63) is 18.7 Å². The van der Waals surface area contributed by atoms with Crippen LogP contribution in [0.5, 0.6) is 0 Å². The van der Waals surface area contributed by atoms with Gasteiger partial charge < -0.3 is 10.2 Å². The highest BCUT2D eigenvalue weighted by Gasteiger charge is 2.23. The molecule has 7 nitrogen and oxygen atoms in total. The highest BCUT2D eigenvalue weighted by Crippen LogP contribution is 2.17. The number of aromatic nitrogens is 5. The molecule has 1 fully saturated rings. The molecule has 2 N–H and O–H groups in total. The van der Waals surface area contributed by atoms with E-state index in [9.17, 15) is 0 Å². The third kappa shape index (κ3) is 2.55. The van der Waals surface area contributed by atoms with Gasteiger partial charge in [0.2, 0.25) is 5.95 Å². The molecule has 19 heavy (non-hydrogen) atoms. The van der Waals surface area contributed by atoms with Crippen LogP contribution in [0.25, 0.3) is 11.4 Å². The number of hydrogen-bond acceptors (Lipinski definition) is 6. The van der Waals surface area contributed by atoms with Crippen molar-refractivity contribution in [1.82, 2.24) is 30.5 Å². The molecule has 7 heteroatoms. The summed E-state index contributed by atoms with van der Waals surface area (Å²) in [6.07, 6.45) is 4.95. The average Bonchev–Trinajstić information content (AvgIpc) is 2.88. The number of H-pyrrole nitrogens is 1. The van der Waals surface area contributed by atoms with Crippen LogP contribution in [0.15, 0.2) is 18.7 Å².